The molecular formula is C13H25N5OS. The van der Waals surface area contributed by atoms with Gasteiger partial charge < -0.3 is 15.6 Å². The Morgan fingerprint density at radius 1 is 1.40 bits per heavy atom. The summed E-state index contributed by atoms with van der Waals surface area (Å²) in [5.74, 6) is 0.790. The molecule has 1 amide bonds. The van der Waals surface area contributed by atoms with E-state index < -0.39 is 0 Å². The van der Waals surface area contributed by atoms with E-state index >= 15 is 0 Å². The zero-order valence-electron chi connectivity index (χ0n) is 12.7. The predicted molar refractivity (Wildman–Crippen MR) is 81.4 cm³/mol. The molecule has 1 rings (SSSR count). The van der Waals surface area contributed by atoms with Gasteiger partial charge in [-0.2, -0.15) is 0 Å². The fourth-order valence-electron chi connectivity index (χ4n) is 1.95. The van der Waals surface area contributed by atoms with Crippen molar-refractivity contribution in [3.63, 3.8) is 0 Å². The van der Waals surface area contributed by atoms with Crippen molar-refractivity contribution in [2.24, 2.45) is 5.73 Å². The van der Waals surface area contributed by atoms with Crippen LogP contribution in [0, 0.1) is 0 Å². The zero-order chi connectivity index (χ0) is 15.1. The molecule has 114 valence electrons. The van der Waals surface area contributed by atoms with Crippen molar-refractivity contribution in [1.82, 2.24) is 20.1 Å². The molecule has 0 spiro atoms. The minimum absolute atomic E-state index is 0.0379. The molecule has 0 saturated heterocycles. The summed E-state index contributed by atoms with van der Waals surface area (Å²) in [5, 5.41) is 11.7. The largest absolute Gasteiger partial charge is 0.353 e. The van der Waals surface area contributed by atoms with Gasteiger partial charge in [0.2, 0.25) is 5.91 Å². The van der Waals surface area contributed by atoms with Crippen LogP contribution in [-0.2, 0) is 17.9 Å². The third kappa shape index (κ3) is 4.49. The maximum atomic E-state index is 12.1. The zero-order valence-corrected chi connectivity index (χ0v) is 13.5. The van der Waals surface area contributed by atoms with E-state index in [0.717, 1.165) is 30.4 Å². The van der Waals surface area contributed by atoms with E-state index in [2.05, 4.69) is 22.4 Å². The lowest BCUT2D eigenvalue weighted by Crippen LogP contribution is -2.37. The first kappa shape index (κ1) is 17.0. The Bertz CT molecular complexity index is 434. The van der Waals surface area contributed by atoms with Gasteiger partial charge in [-0.3, -0.25) is 4.79 Å². The topological polar surface area (TPSA) is 85.8 Å². The highest BCUT2D eigenvalue weighted by molar-refractivity contribution is 8.00. The van der Waals surface area contributed by atoms with Crippen LogP contribution in [0.25, 0.3) is 0 Å². The van der Waals surface area contributed by atoms with Crippen LogP contribution in [0.5, 0.6) is 0 Å². The van der Waals surface area contributed by atoms with E-state index in [4.69, 9.17) is 5.73 Å². The molecule has 0 saturated carbocycles. The van der Waals surface area contributed by atoms with E-state index in [1.54, 1.807) is 0 Å². The molecule has 0 aliphatic carbocycles. The molecule has 3 N–H and O–H groups in total. The standard InChI is InChI=1S/C13H25N5OS/c1-5-7-9(3)15-12(19)10(4)20-13-17-16-11(8-14)18(13)6-2/h9-10H,5-8,14H2,1-4H3,(H,15,19). The van der Waals surface area contributed by atoms with Crippen LogP contribution in [0.15, 0.2) is 5.16 Å². The number of carbonyl (C=O) groups excluding carboxylic acids is 1. The summed E-state index contributed by atoms with van der Waals surface area (Å²) in [6, 6.07) is 0.208. The van der Waals surface area contributed by atoms with Crippen molar-refractivity contribution < 1.29 is 4.79 Å². The van der Waals surface area contributed by atoms with Crippen molar-refractivity contribution in [3.8, 4) is 0 Å². The van der Waals surface area contributed by atoms with E-state index in [1.807, 2.05) is 25.3 Å². The highest BCUT2D eigenvalue weighted by Gasteiger charge is 2.20. The van der Waals surface area contributed by atoms with Crippen LogP contribution in [-0.4, -0.2) is 32.0 Å². The molecule has 0 radical (unpaired) electrons. The summed E-state index contributed by atoms with van der Waals surface area (Å²) >= 11 is 1.42. The number of nitrogens with zero attached hydrogens (tertiary/aromatic N) is 3. The molecule has 1 heterocycles. The van der Waals surface area contributed by atoms with Gasteiger partial charge in [0, 0.05) is 12.6 Å². The van der Waals surface area contributed by atoms with E-state index in [0.29, 0.717) is 6.54 Å². The maximum Gasteiger partial charge on any atom is 0.233 e. The molecule has 0 aliphatic rings. The van der Waals surface area contributed by atoms with Gasteiger partial charge >= 0.3 is 0 Å². The fourth-order valence-corrected chi connectivity index (χ4v) is 2.89. The second kappa shape index (κ2) is 8.26. The highest BCUT2D eigenvalue weighted by atomic mass is 32.2. The Morgan fingerprint density at radius 3 is 2.65 bits per heavy atom. The average Bonchev–Trinajstić information content (AvgIpc) is 2.80. The van der Waals surface area contributed by atoms with Crippen LogP contribution in [0.1, 0.15) is 46.4 Å². The van der Waals surface area contributed by atoms with Crippen LogP contribution in [0.3, 0.4) is 0 Å². The molecule has 1 aromatic heterocycles. The lowest BCUT2D eigenvalue weighted by molar-refractivity contribution is -0.120. The van der Waals surface area contributed by atoms with Crippen molar-refractivity contribution >= 4 is 17.7 Å². The Kier molecular flexibility index (Phi) is 7.01. The van der Waals surface area contributed by atoms with Crippen LogP contribution in [0.2, 0.25) is 0 Å². The number of hydrogen-bond acceptors (Lipinski definition) is 5. The third-order valence-corrected chi connectivity index (χ3v) is 4.13. The van der Waals surface area contributed by atoms with Crippen molar-refractivity contribution in [2.45, 2.75) is 70.1 Å². The Balaban J connectivity index is 2.63. The smallest absolute Gasteiger partial charge is 0.233 e. The number of nitrogens with two attached hydrogens (primary N) is 1. The lowest BCUT2D eigenvalue weighted by Gasteiger charge is -2.16. The first-order chi connectivity index (χ1) is 9.53. The predicted octanol–water partition coefficient (Wildman–Crippen LogP) is 1.54. The van der Waals surface area contributed by atoms with Gasteiger partial charge in [0.1, 0.15) is 5.82 Å². The molecule has 0 aromatic carbocycles. The molecule has 7 heteroatoms. The molecule has 2 atom stereocenters. The lowest BCUT2D eigenvalue weighted by atomic mass is 10.2. The fraction of sp³-hybridized carbons (Fsp3) is 0.769. The molecule has 0 aliphatic heterocycles. The van der Waals surface area contributed by atoms with Gasteiger partial charge in [0.15, 0.2) is 5.16 Å². The summed E-state index contributed by atoms with van der Waals surface area (Å²) < 4.78 is 1.95. The van der Waals surface area contributed by atoms with Crippen molar-refractivity contribution in [3.05, 3.63) is 5.82 Å². The maximum absolute atomic E-state index is 12.1. The molecular weight excluding hydrogens is 274 g/mol. The van der Waals surface area contributed by atoms with Gasteiger partial charge in [-0.1, -0.05) is 25.1 Å². The first-order valence-electron chi connectivity index (χ1n) is 7.12. The molecule has 20 heavy (non-hydrogen) atoms. The normalized spacial score (nSPS) is 14.1. The molecule has 2 unspecified atom stereocenters. The number of amides is 1. The quantitative estimate of drug-likeness (QED) is 0.711. The van der Waals surface area contributed by atoms with Gasteiger partial charge in [0.25, 0.3) is 0 Å². The number of thioether (sulfide) groups is 1. The minimum atomic E-state index is -0.200. The third-order valence-electron chi connectivity index (χ3n) is 3.05. The van der Waals surface area contributed by atoms with Crippen molar-refractivity contribution in [1.29, 1.82) is 0 Å². The number of aromatic nitrogens is 3. The van der Waals surface area contributed by atoms with Gasteiger partial charge in [0.05, 0.1) is 11.8 Å². The van der Waals surface area contributed by atoms with Crippen LogP contribution in [0.4, 0.5) is 0 Å². The Morgan fingerprint density at radius 2 is 2.10 bits per heavy atom. The van der Waals surface area contributed by atoms with Crippen LogP contribution >= 0.6 is 11.8 Å². The monoisotopic (exact) mass is 299 g/mol. The van der Waals surface area contributed by atoms with Crippen LogP contribution < -0.4 is 11.1 Å². The van der Waals surface area contributed by atoms with Gasteiger partial charge in [-0.05, 0) is 27.2 Å². The highest BCUT2D eigenvalue weighted by Crippen LogP contribution is 2.22. The van der Waals surface area contributed by atoms with Crippen molar-refractivity contribution in [2.75, 3.05) is 0 Å². The molecule has 1 aromatic rings. The summed E-state index contributed by atoms with van der Waals surface area (Å²) in [5.41, 5.74) is 5.62. The van der Waals surface area contributed by atoms with E-state index in [-0.39, 0.29) is 17.2 Å². The molecule has 0 bridgehead atoms. The van der Waals surface area contributed by atoms with E-state index in [1.165, 1.54) is 11.8 Å². The first-order valence-corrected chi connectivity index (χ1v) is 8.00. The Hall–Kier alpha value is -1.08. The second-order valence-electron chi connectivity index (χ2n) is 4.81. The summed E-state index contributed by atoms with van der Waals surface area (Å²) in [6.07, 6.45) is 2.05. The number of rotatable bonds is 8. The molecule has 0 fully saturated rings. The Labute approximate surface area is 124 Å². The van der Waals surface area contributed by atoms with E-state index in [9.17, 15) is 4.79 Å². The van der Waals surface area contributed by atoms with Gasteiger partial charge in [-0.15, -0.1) is 10.2 Å². The molecule has 6 nitrogen and oxygen atoms in total. The number of hydrogen-bond donors (Lipinski definition) is 2. The summed E-state index contributed by atoms with van der Waals surface area (Å²) in [4.78, 5) is 12.1. The average molecular weight is 299 g/mol. The summed E-state index contributed by atoms with van der Waals surface area (Å²) in [6.45, 7) is 9.15. The number of nitrogens with one attached hydrogen (secondary N) is 1. The van der Waals surface area contributed by atoms with Gasteiger partial charge in [-0.25, -0.2) is 0 Å². The SMILES string of the molecule is CCCC(C)NC(=O)C(C)Sc1nnc(CN)n1CC. The number of carbonyl (C=O) groups is 1. The summed E-state index contributed by atoms with van der Waals surface area (Å²) in [7, 11) is 0. The minimum Gasteiger partial charge on any atom is -0.353 e. The second-order valence-corrected chi connectivity index (χ2v) is 6.11.